The molecule has 0 aliphatic carbocycles. The summed E-state index contributed by atoms with van der Waals surface area (Å²) in [5, 5.41) is 24.9. The van der Waals surface area contributed by atoms with Crippen LogP contribution in [0.15, 0.2) is 29.0 Å². The largest absolute Gasteiger partial charge is 0.507 e. The fourth-order valence-electron chi connectivity index (χ4n) is 1.44. The Morgan fingerprint density at radius 1 is 1.33 bits per heavy atom. The zero-order valence-corrected chi connectivity index (χ0v) is 9.33. The maximum atomic E-state index is 11.7. The Hall–Kier alpha value is -2.57. The van der Waals surface area contributed by atoms with E-state index in [1.807, 2.05) is 0 Å². The van der Waals surface area contributed by atoms with Crippen molar-refractivity contribution in [1.82, 2.24) is 15.5 Å². The van der Waals surface area contributed by atoms with Gasteiger partial charge in [-0.05, 0) is 12.1 Å². The topological polar surface area (TPSA) is 108 Å². The molecule has 0 bridgehead atoms. The number of nitrogens with zero attached hydrogens (tertiary/aromatic N) is 2. The van der Waals surface area contributed by atoms with Gasteiger partial charge in [-0.15, -0.1) is 0 Å². The first kappa shape index (κ1) is 11.9. The molecular formula is C11H11N3O4. The van der Waals surface area contributed by atoms with Crippen molar-refractivity contribution in [2.75, 3.05) is 6.54 Å². The number of nitrogens with one attached hydrogen (secondary N) is 1. The van der Waals surface area contributed by atoms with Crippen LogP contribution in [0.5, 0.6) is 11.5 Å². The smallest absolute Gasteiger partial charge is 0.258 e. The van der Waals surface area contributed by atoms with E-state index >= 15 is 0 Å². The molecule has 3 N–H and O–H groups in total. The van der Waals surface area contributed by atoms with Crippen molar-refractivity contribution in [3.05, 3.63) is 36.0 Å². The number of aromatic hydroxyl groups is 2. The van der Waals surface area contributed by atoms with Gasteiger partial charge in [-0.25, -0.2) is 0 Å². The molecule has 1 heterocycles. The van der Waals surface area contributed by atoms with Gasteiger partial charge in [0.25, 0.3) is 5.91 Å². The van der Waals surface area contributed by atoms with E-state index in [9.17, 15) is 15.0 Å². The number of carbonyl (C=O) groups is 1. The first-order valence-corrected chi connectivity index (χ1v) is 5.23. The van der Waals surface area contributed by atoms with Gasteiger partial charge in [0.15, 0.2) is 6.33 Å². The van der Waals surface area contributed by atoms with Crippen LogP contribution in [-0.2, 0) is 6.42 Å². The van der Waals surface area contributed by atoms with Gasteiger partial charge >= 0.3 is 0 Å². The van der Waals surface area contributed by atoms with Gasteiger partial charge in [0.1, 0.15) is 17.1 Å². The summed E-state index contributed by atoms with van der Waals surface area (Å²) >= 11 is 0. The predicted molar refractivity (Wildman–Crippen MR) is 60.1 cm³/mol. The monoisotopic (exact) mass is 249 g/mol. The minimum absolute atomic E-state index is 0.150. The quantitative estimate of drug-likeness (QED) is 0.726. The van der Waals surface area contributed by atoms with E-state index < -0.39 is 5.91 Å². The maximum absolute atomic E-state index is 11.7. The van der Waals surface area contributed by atoms with Crippen molar-refractivity contribution in [2.45, 2.75) is 6.42 Å². The molecule has 1 aromatic carbocycles. The molecule has 1 amide bonds. The van der Waals surface area contributed by atoms with E-state index in [1.165, 1.54) is 24.5 Å². The highest BCUT2D eigenvalue weighted by atomic mass is 16.5. The molecule has 0 saturated heterocycles. The number of hydrogen-bond acceptors (Lipinski definition) is 6. The molecule has 0 spiro atoms. The zero-order valence-electron chi connectivity index (χ0n) is 9.33. The van der Waals surface area contributed by atoms with Crippen LogP contribution in [0.3, 0.4) is 0 Å². The SMILES string of the molecule is O=C(NCCc1ncno1)c1c(O)cccc1O. The van der Waals surface area contributed by atoms with Crippen LogP contribution >= 0.6 is 0 Å². The second-order valence-corrected chi connectivity index (χ2v) is 3.51. The van der Waals surface area contributed by atoms with Gasteiger partial charge in [0.05, 0.1) is 0 Å². The van der Waals surface area contributed by atoms with Crippen LogP contribution in [0.25, 0.3) is 0 Å². The Kier molecular flexibility index (Phi) is 3.42. The van der Waals surface area contributed by atoms with Crippen LogP contribution in [0.1, 0.15) is 16.2 Å². The van der Waals surface area contributed by atoms with Gasteiger partial charge < -0.3 is 20.1 Å². The van der Waals surface area contributed by atoms with Gasteiger partial charge in [-0.1, -0.05) is 11.2 Å². The summed E-state index contributed by atoms with van der Waals surface area (Å²) in [5.74, 6) is -0.711. The van der Waals surface area contributed by atoms with Crippen LogP contribution < -0.4 is 5.32 Å². The van der Waals surface area contributed by atoms with Crippen molar-refractivity contribution in [1.29, 1.82) is 0 Å². The second-order valence-electron chi connectivity index (χ2n) is 3.51. The van der Waals surface area contributed by atoms with Crippen LogP contribution in [0, 0.1) is 0 Å². The molecule has 7 heteroatoms. The van der Waals surface area contributed by atoms with Crippen LogP contribution in [-0.4, -0.2) is 32.8 Å². The van der Waals surface area contributed by atoms with Gasteiger partial charge in [0, 0.05) is 13.0 Å². The molecule has 0 radical (unpaired) electrons. The van der Waals surface area contributed by atoms with E-state index in [0.717, 1.165) is 0 Å². The predicted octanol–water partition coefficient (Wildman–Crippen LogP) is 0.453. The summed E-state index contributed by atoms with van der Waals surface area (Å²) in [5.41, 5.74) is -0.150. The molecule has 0 aliphatic rings. The van der Waals surface area contributed by atoms with Crippen LogP contribution in [0.4, 0.5) is 0 Å². The standard InChI is InChI=1S/C11H11N3O4/c15-7-2-1-3-8(16)10(7)11(17)12-5-4-9-13-6-14-18-9/h1-3,6,15-16H,4-5H2,(H,12,17). The minimum Gasteiger partial charge on any atom is -0.507 e. The van der Waals surface area contributed by atoms with Crippen molar-refractivity contribution in [2.24, 2.45) is 0 Å². The number of phenolic OH excluding ortho intramolecular Hbond substituents is 2. The first-order chi connectivity index (χ1) is 8.68. The van der Waals surface area contributed by atoms with Crippen molar-refractivity contribution in [3.8, 4) is 11.5 Å². The Morgan fingerprint density at radius 2 is 2.06 bits per heavy atom. The highest BCUT2D eigenvalue weighted by Crippen LogP contribution is 2.25. The third-order valence-corrected chi connectivity index (χ3v) is 2.28. The van der Waals surface area contributed by atoms with Gasteiger partial charge in [-0.2, -0.15) is 4.98 Å². The van der Waals surface area contributed by atoms with Crippen molar-refractivity contribution >= 4 is 5.91 Å². The Bertz CT molecular complexity index is 519. The van der Waals surface area contributed by atoms with E-state index in [4.69, 9.17) is 4.52 Å². The van der Waals surface area contributed by atoms with E-state index in [-0.39, 0.29) is 23.6 Å². The summed E-state index contributed by atoms with van der Waals surface area (Å²) in [7, 11) is 0. The Morgan fingerprint density at radius 3 is 2.67 bits per heavy atom. The third-order valence-electron chi connectivity index (χ3n) is 2.28. The molecule has 2 aromatic rings. The molecule has 0 unspecified atom stereocenters. The molecule has 2 rings (SSSR count). The van der Waals surface area contributed by atoms with Crippen LogP contribution in [0.2, 0.25) is 0 Å². The summed E-state index contributed by atoms with van der Waals surface area (Å²) in [6.07, 6.45) is 1.64. The summed E-state index contributed by atoms with van der Waals surface area (Å²) < 4.78 is 4.76. The minimum atomic E-state index is -0.565. The van der Waals surface area contributed by atoms with E-state index in [2.05, 4.69) is 15.5 Å². The maximum Gasteiger partial charge on any atom is 0.258 e. The lowest BCUT2D eigenvalue weighted by Crippen LogP contribution is -2.25. The number of benzene rings is 1. The summed E-state index contributed by atoms with van der Waals surface area (Å²) in [6, 6.07) is 4.10. The lowest BCUT2D eigenvalue weighted by Gasteiger charge is -2.07. The number of rotatable bonds is 4. The zero-order chi connectivity index (χ0) is 13.0. The second kappa shape index (κ2) is 5.17. The Labute approximate surface area is 102 Å². The normalized spacial score (nSPS) is 10.2. The highest BCUT2D eigenvalue weighted by Gasteiger charge is 2.15. The molecule has 0 atom stereocenters. The number of phenols is 2. The average Bonchev–Trinajstić information content (AvgIpc) is 2.82. The third kappa shape index (κ3) is 2.57. The van der Waals surface area contributed by atoms with E-state index in [1.54, 1.807) is 0 Å². The Balaban J connectivity index is 1.96. The fraction of sp³-hybridized carbons (Fsp3) is 0.182. The van der Waals surface area contributed by atoms with Gasteiger partial charge in [0.2, 0.25) is 5.89 Å². The molecule has 18 heavy (non-hydrogen) atoms. The molecule has 94 valence electrons. The number of amides is 1. The summed E-state index contributed by atoms with van der Waals surface area (Å²) in [4.78, 5) is 15.5. The molecule has 0 aliphatic heterocycles. The fourth-order valence-corrected chi connectivity index (χ4v) is 1.44. The van der Waals surface area contributed by atoms with Gasteiger partial charge in [-0.3, -0.25) is 4.79 Å². The van der Waals surface area contributed by atoms with Crippen molar-refractivity contribution in [3.63, 3.8) is 0 Å². The lowest BCUT2D eigenvalue weighted by atomic mass is 10.1. The molecule has 1 aromatic heterocycles. The highest BCUT2D eigenvalue weighted by molar-refractivity contribution is 5.99. The lowest BCUT2D eigenvalue weighted by molar-refractivity contribution is 0.0948. The van der Waals surface area contributed by atoms with E-state index in [0.29, 0.717) is 12.3 Å². The number of hydrogen-bond donors (Lipinski definition) is 3. The first-order valence-electron chi connectivity index (χ1n) is 5.23. The molecule has 0 saturated carbocycles. The number of carbonyl (C=O) groups excluding carboxylic acids is 1. The molecular weight excluding hydrogens is 238 g/mol. The number of aromatic nitrogens is 2. The molecule has 7 nitrogen and oxygen atoms in total. The summed E-state index contributed by atoms with van der Waals surface area (Å²) in [6.45, 7) is 0.259. The average molecular weight is 249 g/mol. The molecule has 0 fully saturated rings. The van der Waals surface area contributed by atoms with Crippen molar-refractivity contribution < 1.29 is 19.5 Å².